The van der Waals surface area contributed by atoms with E-state index in [0.29, 0.717) is 0 Å². The molecule has 1 aromatic carbocycles. The predicted molar refractivity (Wildman–Crippen MR) is 89.3 cm³/mol. The number of benzene rings is 1. The van der Waals surface area contributed by atoms with E-state index >= 15 is 0 Å². The molecular formula is C18H18N2S. The van der Waals surface area contributed by atoms with Gasteiger partial charge in [-0.1, -0.05) is 36.4 Å². The largest absolute Gasteiger partial charge is 0.306 e. The Morgan fingerprint density at radius 1 is 0.952 bits per heavy atom. The van der Waals surface area contributed by atoms with Gasteiger partial charge < -0.3 is 5.32 Å². The molecule has 21 heavy (non-hydrogen) atoms. The fourth-order valence-corrected chi connectivity index (χ4v) is 3.22. The summed E-state index contributed by atoms with van der Waals surface area (Å²) in [6.07, 6.45) is 1.85. The van der Waals surface area contributed by atoms with Crippen LogP contribution in [0.2, 0.25) is 0 Å². The van der Waals surface area contributed by atoms with Gasteiger partial charge in [0.2, 0.25) is 0 Å². The van der Waals surface area contributed by atoms with Crippen LogP contribution in [0.15, 0.2) is 60.8 Å². The molecule has 0 aliphatic heterocycles. The molecule has 2 aromatic heterocycles. The molecule has 3 aromatic rings. The SMILES string of the molecule is Cc1cccnc1CNCc1ccc(-c2ccccc2)s1. The van der Waals surface area contributed by atoms with Crippen molar-refractivity contribution in [3.63, 3.8) is 0 Å². The Kier molecular flexibility index (Phi) is 4.43. The molecule has 0 spiro atoms. The van der Waals surface area contributed by atoms with Crippen LogP contribution in [-0.2, 0) is 13.1 Å². The lowest BCUT2D eigenvalue weighted by atomic mass is 10.2. The van der Waals surface area contributed by atoms with Crippen LogP contribution in [-0.4, -0.2) is 4.98 Å². The Balaban J connectivity index is 1.60. The molecule has 0 fully saturated rings. The molecule has 0 saturated heterocycles. The van der Waals surface area contributed by atoms with E-state index in [4.69, 9.17) is 0 Å². The highest BCUT2D eigenvalue weighted by Gasteiger charge is 2.03. The summed E-state index contributed by atoms with van der Waals surface area (Å²) in [5.41, 5.74) is 3.65. The number of hydrogen-bond donors (Lipinski definition) is 1. The fraction of sp³-hybridized carbons (Fsp3) is 0.167. The Morgan fingerprint density at radius 3 is 2.62 bits per heavy atom. The molecule has 0 bridgehead atoms. The summed E-state index contributed by atoms with van der Waals surface area (Å²) >= 11 is 1.84. The van der Waals surface area contributed by atoms with Crippen LogP contribution in [0.3, 0.4) is 0 Å². The van der Waals surface area contributed by atoms with Gasteiger partial charge in [-0.3, -0.25) is 4.98 Å². The van der Waals surface area contributed by atoms with Gasteiger partial charge in [0.05, 0.1) is 5.69 Å². The number of hydrogen-bond acceptors (Lipinski definition) is 3. The monoisotopic (exact) mass is 294 g/mol. The molecule has 0 amide bonds. The minimum Gasteiger partial charge on any atom is -0.306 e. The first kappa shape index (κ1) is 14.0. The maximum atomic E-state index is 4.40. The Labute approximate surface area is 129 Å². The summed E-state index contributed by atoms with van der Waals surface area (Å²) in [5, 5.41) is 3.47. The number of pyridine rings is 1. The van der Waals surface area contributed by atoms with Gasteiger partial charge in [0.25, 0.3) is 0 Å². The van der Waals surface area contributed by atoms with Gasteiger partial charge in [-0.2, -0.15) is 0 Å². The zero-order valence-electron chi connectivity index (χ0n) is 12.0. The predicted octanol–water partition coefficient (Wildman–Crippen LogP) is 4.41. The van der Waals surface area contributed by atoms with Crippen molar-refractivity contribution >= 4 is 11.3 Å². The van der Waals surface area contributed by atoms with E-state index in [2.05, 4.69) is 65.8 Å². The highest BCUT2D eigenvalue weighted by Crippen LogP contribution is 2.27. The number of rotatable bonds is 5. The van der Waals surface area contributed by atoms with Crippen molar-refractivity contribution in [2.24, 2.45) is 0 Å². The van der Waals surface area contributed by atoms with Gasteiger partial charge in [-0.15, -0.1) is 11.3 Å². The summed E-state index contributed by atoms with van der Waals surface area (Å²) in [6, 6.07) is 19.0. The first-order chi connectivity index (χ1) is 10.3. The van der Waals surface area contributed by atoms with Crippen molar-refractivity contribution in [2.45, 2.75) is 20.0 Å². The van der Waals surface area contributed by atoms with E-state index in [9.17, 15) is 0 Å². The van der Waals surface area contributed by atoms with Crippen molar-refractivity contribution in [3.05, 3.63) is 76.9 Å². The highest BCUT2D eigenvalue weighted by atomic mass is 32.1. The van der Waals surface area contributed by atoms with E-state index < -0.39 is 0 Å². The number of aromatic nitrogens is 1. The molecule has 106 valence electrons. The average Bonchev–Trinajstić information content (AvgIpc) is 2.99. The van der Waals surface area contributed by atoms with Gasteiger partial charge in [-0.05, 0) is 36.2 Å². The zero-order chi connectivity index (χ0) is 14.5. The molecule has 0 aliphatic carbocycles. The van der Waals surface area contributed by atoms with E-state index in [1.54, 1.807) is 0 Å². The van der Waals surface area contributed by atoms with Crippen LogP contribution < -0.4 is 5.32 Å². The Hall–Kier alpha value is -1.97. The third-order valence-corrected chi connectivity index (χ3v) is 4.56. The molecule has 3 heteroatoms. The lowest BCUT2D eigenvalue weighted by Gasteiger charge is -2.05. The van der Waals surface area contributed by atoms with Crippen LogP contribution in [0, 0.1) is 6.92 Å². The van der Waals surface area contributed by atoms with Crippen LogP contribution in [0.1, 0.15) is 16.1 Å². The smallest absolute Gasteiger partial charge is 0.0570 e. The van der Waals surface area contributed by atoms with Crippen LogP contribution in [0.25, 0.3) is 10.4 Å². The van der Waals surface area contributed by atoms with Crippen molar-refractivity contribution in [1.29, 1.82) is 0 Å². The lowest BCUT2D eigenvalue weighted by molar-refractivity contribution is 0.683. The van der Waals surface area contributed by atoms with Gasteiger partial charge in [-0.25, -0.2) is 0 Å². The summed E-state index contributed by atoms with van der Waals surface area (Å²) in [4.78, 5) is 7.07. The summed E-state index contributed by atoms with van der Waals surface area (Å²) < 4.78 is 0. The number of thiophene rings is 1. The topological polar surface area (TPSA) is 24.9 Å². The minimum absolute atomic E-state index is 0.811. The Morgan fingerprint density at radius 2 is 1.81 bits per heavy atom. The van der Waals surface area contributed by atoms with Crippen molar-refractivity contribution in [3.8, 4) is 10.4 Å². The fourth-order valence-electron chi connectivity index (χ4n) is 2.24. The molecule has 0 unspecified atom stereocenters. The molecule has 0 aliphatic rings. The molecular weight excluding hydrogens is 276 g/mol. The second-order valence-electron chi connectivity index (χ2n) is 5.00. The van der Waals surface area contributed by atoms with Gasteiger partial charge >= 0.3 is 0 Å². The maximum Gasteiger partial charge on any atom is 0.0570 e. The minimum atomic E-state index is 0.811. The van der Waals surface area contributed by atoms with Crippen molar-refractivity contribution < 1.29 is 0 Å². The van der Waals surface area contributed by atoms with E-state index in [0.717, 1.165) is 18.8 Å². The maximum absolute atomic E-state index is 4.40. The Bertz CT molecular complexity index is 704. The molecule has 3 rings (SSSR count). The van der Waals surface area contributed by atoms with E-state index in [1.165, 1.54) is 20.9 Å². The van der Waals surface area contributed by atoms with Crippen molar-refractivity contribution in [1.82, 2.24) is 10.3 Å². The summed E-state index contributed by atoms with van der Waals surface area (Å²) in [7, 11) is 0. The third-order valence-electron chi connectivity index (χ3n) is 3.43. The standard InChI is InChI=1S/C18H18N2S/c1-14-6-5-11-20-17(14)13-19-12-16-9-10-18(21-16)15-7-3-2-4-8-15/h2-11,19H,12-13H2,1H3. The zero-order valence-corrected chi connectivity index (χ0v) is 12.9. The molecule has 0 saturated carbocycles. The number of aryl methyl sites for hydroxylation is 1. The van der Waals surface area contributed by atoms with Crippen LogP contribution >= 0.6 is 11.3 Å². The first-order valence-corrected chi connectivity index (χ1v) is 7.90. The van der Waals surface area contributed by atoms with Gasteiger partial charge in [0, 0.05) is 29.0 Å². The molecule has 2 nitrogen and oxygen atoms in total. The molecule has 2 heterocycles. The molecule has 0 atom stereocenters. The van der Waals surface area contributed by atoms with Crippen LogP contribution in [0.5, 0.6) is 0 Å². The molecule has 1 N–H and O–H groups in total. The van der Waals surface area contributed by atoms with E-state index in [-0.39, 0.29) is 0 Å². The second-order valence-corrected chi connectivity index (χ2v) is 6.17. The van der Waals surface area contributed by atoms with Crippen LogP contribution in [0.4, 0.5) is 0 Å². The van der Waals surface area contributed by atoms with Crippen molar-refractivity contribution in [2.75, 3.05) is 0 Å². The first-order valence-electron chi connectivity index (χ1n) is 7.08. The lowest BCUT2D eigenvalue weighted by Crippen LogP contribution is -2.13. The van der Waals surface area contributed by atoms with Gasteiger partial charge in [0.1, 0.15) is 0 Å². The molecule has 0 radical (unpaired) electrons. The third kappa shape index (κ3) is 3.57. The quantitative estimate of drug-likeness (QED) is 0.754. The number of nitrogens with zero attached hydrogens (tertiary/aromatic N) is 1. The normalized spacial score (nSPS) is 10.7. The summed E-state index contributed by atoms with van der Waals surface area (Å²) in [5.74, 6) is 0. The average molecular weight is 294 g/mol. The van der Waals surface area contributed by atoms with Gasteiger partial charge in [0.15, 0.2) is 0 Å². The number of nitrogens with one attached hydrogen (secondary N) is 1. The van der Waals surface area contributed by atoms with E-state index in [1.807, 2.05) is 23.6 Å². The highest BCUT2D eigenvalue weighted by molar-refractivity contribution is 7.15. The second kappa shape index (κ2) is 6.66. The summed E-state index contributed by atoms with van der Waals surface area (Å²) in [6.45, 7) is 3.79.